The lowest BCUT2D eigenvalue weighted by molar-refractivity contribution is -0.137. The van der Waals surface area contributed by atoms with Gasteiger partial charge in [-0.15, -0.1) is 5.10 Å². The maximum absolute atomic E-state index is 12.8. The Bertz CT molecular complexity index is 965. The largest absolute Gasteiger partial charge is 0.416 e. The molecule has 1 aromatic heterocycles. The highest BCUT2D eigenvalue weighted by atomic mass is 19.4. The average Bonchev–Trinajstić information content (AvgIpc) is 2.62. The van der Waals surface area contributed by atoms with Gasteiger partial charge >= 0.3 is 6.18 Å². The molecule has 0 unspecified atom stereocenters. The molecule has 26 heavy (non-hydrogen) atoms. The fourth-order valence-electron chi connectivity index (χ4n) is 2.13. The van der Waals surface area contributed by atoms with E-state index in [1.54, 1.807) is 24.3 Å². The lowest BCUT2D eigenvalue weighted by atomic mass is 10.2. The fourth-order valence-corrected chi connectivity index (χ4v) is 2.13. The van der Waals surface area contributed by atoms with Crippen molar-refractivity contribution in [2.75, 3.05) is 10.6 Å². The van der Waals surface area contributed by atoms with E-state index in [0.29, 0.717) is 17.1 Å². The van der Waals surface area contributed by atoms with E-state index >= 15 is 0 Å². The van der Waals surface area contributed by atoms with Crippen LogP contribution in [0.3, 0.4) is 0 Å². The lowest BCUT2D eigenvalue weighted by Gasteiger charge is -2.10. The lowest BCUT2D eigenvalue weighted by Crippen LogP contribution is -2.06. The number of hydrogen-bond donors (Lipinski definition) is 2. The molecule has 2 aromatic carbocycles. The third kappa shape index (κ3) is 4.24. The number of nitrogens with zero attached hydrogens (tertiary/aromatic N) is 4. The molecule has 0 spiro atoms. The van der Waals surface area contributed by atoms with Crippen molar-refractivity contribution in [1.82, 2.24) is 15.2 Å². The Labute approximate surface area is 146 Å². The quantitative estimate of drug-likeness (QED) is 0.727. The third-order valence-electron chi connectivity index (χ3n) is 3.27. The Morgan fingerprint density at radius 3 is 2.42 bits per heavy atom. The summed E-state index contributed by atoms with van der Waals surface area (Å²) in [4.78, 5) is 4.15. The van der Waals surface area contributed by atoms with Crippen molar-refractivity contribution in [2.24, 2.45) is 0 Å². The molecule has 0 aliphatic rings. The van der Waals surface area contributed by atoms with Crippen molar-refractivity contribution in [2.45, 2.75) is 6.18 Å². The summed E-state index contributed by atoms with van der Waals surface area (Å²) >= 11 is 0. The summed E-state index contributed by atoms with van der Waals surface area (Å²) < 4.78 is 38.3. The fraction of sp³-hybridized carbons (Fsp3) is 0.0588. The number of anilines is 4. The van der Waals surface area contributed by atoms with Crippen LogP contribution < -0.4 is 10.6 Å². The summed E-state index contributed by atoms with van der Waals surface area (Å²) in [5.74, 6) is 0.357. The first-order valence-electron chi connectivity index (χ1n) is 7.35. The number of hydrogen-bond acceptors (Lipinski definition) is 6. The van der Waals surface area contributed by atoms with Gasteiger partial charge in [-0.3, -0.25) is 0 Å². The maximum atomic E-state index is 12.8. The van der Waals surface area contributed by atoms with Gasteiger partial charge in [0.15, 0.2) is 5.82 Å². The van der Waals surface area contributed by atoms with Crippen LogP contribution in [0.1, 0.15) is 11.1 Å². The summed E-state index contributed by atoms with van der Waals surface area (Å²) in [6.45, 7) is 0. The highest BCUT2D eigenvalue weighted by Gasteiger charge is 2.30. The van der Waals surface area contributed by atoms with Gasteiger partial charge in [0, 0.05) is 11.4 Å². The minimum absolute atomic E-state index is 0.0331. The molecular weight excluding hydrogens is 345 g/mol. The Morgan fingerprint density at radius 1 is 0.962 bits per heavy atom. The number of benzene rings is 2. The maximum Gasteiger partial charge on any atom is 0.416 e. The van der Waals surface area contributed by atoms with Gasteiger partial charge < -0.3 is 10.6 Å². The monoisotopic (exact) mass is 356 g/mol. The van der Waals surface area contributed by atoms with Gasteiger partial charge in [0.05, 0.1) is 23.4 Å². The zero-order chi connectivity index (χ0) is 18.6. The van der Waals surface area contributed by atoms with Crippen molar-refractivity contribution in [3.8, 4) is 6.07 Å². The zero-order valence-electron chi connectivity index (χ0n) is 13.1. The average molecular weight is 356 g/mol. The van der Waals surface area contributed by atoms with Gasteiger partial charge in [0.1, 0.15) is 0 Å². The second kappa shape index (κ2) is 7.06. The molecule has 1 heterocycles. The molecule has 0 atom stereocenters. The van der Waals surface area contributed by atoms with E-state index in [0.717, 1.165) is 12.1 Å². The Hall–Kier alpha value is -3.67. The first kappa shape index (κ1) is 17.2. The van der Waals surface area contributed by atoms with Crippen LogP contribution in [0.4, 0.5) is 36.3 Å². The Balaban J connectivity index is 1.78. The van der Waals surface area contributed by atoms with Crippen LogP contribution in [0, 0.1) is 11.3 Å². The van der Waals surface area contributed by atoms with Crippen LogP contribution in [-0.4, -0.2) is 15.2 Å². The SMILES string of the molecule is N#Cc1cccc(Nc2cnnc(Nc3cccc(C(F)(F)F)c3)n2)c1. The third-order valence-corrected chi connectivity index (χ3v) is 3.27. The van der Waals surface area contributed by atoms with Gasteiger partial charge in [0.25, 0.3) is 0 Å². The molecule has 0 saturated carbocycles. The second-order valence-corrected chi connectivity index (χ2v) is 5.19. The summed E-state index contributed by atoms with van der Waals surface area (Å²) in [6, 6.07) is 13.4. The van der Waals surface area contributed by atoms with Crippen LogP contribution in [0.25, 0.3) is 0 Å². The molecule has 0 bridgehead atoms. The molecule has 0 aliphatic heterocycles. The second-order valence-electron chi connectivity index (χ2n) is 5.19. The molecule has 2 N–H and O–H groups in total. The molecule has 0 aliphatic carbocycles. The first-order chi connectivity index (χ1) is 12.4. The van der Waals surface area contributed by atoms with E-state index in [2.05, 4.69) is 25.8 Å². The zero-order valence-corrected chi connectivity index (χ0v) is 13.1. The number of rotatable bonds is 4. The minimum atomic E-state index is -4.44. The van der Waals surface area contributed by atoms with Crippen molar-refractivity contribution in [3.05, 3.63) is 65.9 Å². The number of halogens is 3. The predicted octanol–water partition coefficient (Wildman–Crippen LogP) is 4.25. The van der Waals surface area contributed by atoms with Gasteiger partial charge in [0.2, 0.25) is 5.95 Å². The van der Waals surface area contributed by atoms with Crippen LogP contribution >= 0.6 is 0 Å². The highest BCUT2D eigenvalue weighted by Crippen LogP contribution is 2.31. The number of nitriles is 1. The molecule has 3 rings (SSSR count). The summed E-state index contributed by atoms with van der Waals surface area (Å²) in [6.07, 6.45) is -3.08. The van der Waals surface area contributed by atoms with E-state index in [1.165, 1.54) is 18.3 Å². The first-order valence-corrected chi connectivity index (χ1v) is 7.35. The Kier molecular flexibility index (Phi) is 4.66. The van der Waals surface area contributed by atoms with Gasteiger partial charge in [-0.05, 0) is 36.4 Å². The standard InChI is InChI=1S/C17H11F3N6/c18-17(19,20)12-4-2-6-14(8-12)24-16-25-15(10-22-26-16)23-13-5-1-3-11(7-13)9-21/h1-8,10H,(H2,23,24,25,26). The van der Waals surface area contributed by atoms with Crippen LogP contribution in [0.2, 0.25) is 0 Å². The minimum Gasteiger partial charge on any atom is -0.339 e. The van der Waals surface area contributed by atoms with E-state index < -0.39 is 11.7 Å². The molecule has 0 amide bonds. The molecule has 6 nitrogen and oxygen atoms in total. The smallest absolute Gasteiger partial charge is 0.339 e. The normalized spacial score (nSPS) is 10.8. The summed E-state index contributed by atoms with van der Waals surface area (Å²) in [5, 5.41) is 22.1. The van der Waals surface area contributed by atoms with Gasteiger partial charge in [-0.25, -0.2) is 0 Å². The Morgan fingerprint density at radius 2 is 1.69 bits per heavy atom. The number of aromatic nitrogens is 3. The highest BCUT2D eigenvalue weighted by molar-refractivity contribution is 5.60. The topological polar surface area (TPSA) is 86.5 Å². The number of alkyl halides is 3. The van der Waals surface area contributed by atoms with Crippen molar-refractivity contribution in [1.29, 1.82) is 5.26 Å². The van der Waals surface area contributed by atoms with Crippen molar-refractivity contribution in [3.63, 3.8) is 0 Å². The molecule has 0 saturated heterocycles. The van der Waals surface area contributed by atoms with Crippen LogP contribution in [0.5, 0.6) is 0 Å². The summed E-state index contributed by atoms with van der Waals surface area (Å²) in [5.41, 5.74) is 0.497. The van der Waals surface area contributed by atoms with E-state index in [-0.39, 0.29) is 11.6 Å². The van der Waals surface area contributed by atoms with Crippen LogP contribution in [0.15, 0.2) is 54.7 Å². The molecule has 9 heteroatoms. The van der Waals surface area contributed by atoms with Crippen LogP contribution in [-0.2, 0) is 6.18 Å². The predicted molar refractivity (Wildman–Crippen MR) is 89.0 cm³/mol. The van der Waals surface area contributed by atoms with E-state index in [4.69, 9.17) is 5.26 Å². The van der Waals surface area contributed by atoms with E-state index in [1.807, 2.05) is 6.07 Å². The molecule has 0 radical (unpaired) electrons. The van der Waals surface area contributed by atoms with E-state index in [9.17, 15) is 13.2 Å². The molecule has 0 fully saturated rings. The van der Waals surface area contributed by atoms with Gasteiger partial charge in [-0.2, -0.15) is 28.5 Å². The summed E-state index contributed by atoms with van der Waals surface area (Å²) in [7, 11) is 0. The molecular formula is C17H11F3N6. The van der Waals surface area contributed by atoms with Crippen molar-refractivity contribution < 1.29 is 13.2 Å². The van der Waals surface area contributed by atoms with Gasteiger partial charge in [-0.1, -0.05) is 12.1 Å². The molecule has 130 valence electrons. The number of nitrogens with one attached hydrogen (secondary N) is 2. The molecule has 3 aromatic rings. The van der Waals surface area contributed by atoms with Crippen molar-refractivity contribution >= 4 is 23.1 Å².